The number of aliphatic hydroxyl groups is 3. The van der Waals surface area contributed by atoms with Crippen molar-refractivity contribution >= 4 is 5.91 Å². The summed E-state index contributed by atoms with van der Waals surface area (Å²) in [7, 11) is 0. The number of carbonyl (C=O) groups is 1. The van der Waals surface area contributed by atoms with Gasteiger partial charge in [-0.2, -0.15) is 0 Å². The molecule has 4 N–H and O–H groups in total. The summed E-state index contributed by atoms with van der Waals surface area (Å²) in [5.41, 5.74) is 0. The summed E-state index contributed by atoms with van der Waals surface area (Å²) in [4.78, 5) is 12.3. The van der Waals surface area contributed by atoms with E-state index < -0.39 is 24.2 Å². The Morgan fingerprint density at radius 1 is 0.615 bits per heavy atom. The van der Waals surface area contributed by atoms with Gasteiger partial charge in [-0.3, -0.25) is 4.79 Å². The fraction of sp³-hybridized carbons (Fsp3) is 0.912. The molecule has 0 aliphatic rings. The van der Waals surface area contributed by atoms with Crippen LogP contribution in [0.5, 0.6) is 0 Å². The fourth-order valence-corrected chi connectivity index (χ4v) is 5.12. The molecule has 232 valence electrons. The zero-order chi connectivity index (χ0) is 28.8. The first kappa shape index (κ1) is 38.1. The molecule has 5 nitrogen and oxygen atoms in total. The molecular weight excluding hydrogens is 486 g/mol. The number of amides is 1. The van der Waals surface area contributed by atoms with Crippen LogP contribution in [0.1, 0.15) is 174 Å². The SMILES string of the molecule is CCCCCCCCC/C=C/[C@@H](O)[C@H](CO)NC(=O)C(O)CCCCCCCCCCCCCCCCCC. The van der Waals surface area contributed by atoms with Crippen molar-refractivity contribution in [3.05, 3.63) is 12.2 Å². The van der Waals surface area contributed by atoms with Crippen LogP contribution in [-0.2, 0) is 4.79 Å². The van der Waals surface area contributed by atoms with Crippen LogP contribution in [0, 0.1) is 0 Å². The Hall–Kier alpha value is -0.910. The van der Waals surface area contributed by atoms with E-state index in [0.29, 0.717) is 6.42 Å². The highest BCUT2D eigenvalue weighted by Gasteiger charge is 2.22. The summed E-state index contributed by atoms with van der Waals surface area (Å²) in [5, 5.41) is 32.8. The van der Waals surface area contributed by atoms with Crippen molar-refractivity contribution in [1.82, 2.24) is 5.32 Å². The molecule has 0 saturated heterocycles. The second kappa shape index (κ2) is 30.1. The molecule has 39 heavy (non-hydrogen) atoms. The third-order valence-corrected chi connectivity index (χ3v) is 7.88. The zero-order valence-corrected chi connectivity index (χ0v) is 26.0. The van der Waals surface area contributed by atoms with Gasteiger partial charge in [-0.25, -0.2) is 0 Å². The maximum atomic E-state index is 12.3. The van der Waals surface area contributed by atoms with E-state index in [1.807, 2.05) is 6.08 Å². The predicted molar refractivity (Wildman–Crippen MR) is 167 cm³/mol. The van der Waals surface area contributed by atoms with Crippen LogP contribution in [-0.4, -0.2) is 46.1 Å². The summed E-state index contributed by atoms with van der Waals surface area (Å²) in [6, 6.07) is -0.789. The Morgan fingerprint density at radius 2 is 1.00 bits per heavy atom. The normalized spacial score (nSPS) is 14.1. The molecule has 0 aromatic carbocycles. The van der Waals surface area contributed by atoms with Crippen molar-refractivity contribution in [1.29, 1.82) is 0 Å². The van der Waals surface area contributed by atoms with Crippen LogP contribution in [0.3, 0.4) is 0 Å². The summed E-state index contributed by atoms with van der Waals surface area (Å²) >= 11 is 0. The summed E-state index contributed by atoms with van der Waals surface area (Å²) in [6.07, 6.45) is 32.3. The monoisotopic (exact) mass is 554 g/mol. The van der Waals surface area contributed by atoms with Gasteiger partial charge in [-0.1, -0.05) is 167 Å². The van der Waals surface area contributed by atoms with E-state index in [4.69, 9.17) is 0 Å². The van der Waals surface area contributed by atoms with E-state index in [2.05, 4.69) is 19.2 Å². The molecule has 0 spiro atoms. The lowest BCUT2D eigenvalue weighted by molar-refractivity contribution is -0.131. The van der Waals surface area contributed by atoms with E-state index in [0.717, 1.165) is 32.1 Å². The molecule has 0 radical (unpaired) electrons. The first-order valence-corrected chi connectivity index (χ1v) is 17.0. The highest BCUT2D eigenvalue weighted by molar-refractivity contribution is 5.80. The van der Waals surface area contributed by atoms with E-state index in [-0.39, 0.29) is 6.61 Å². The summed E-state index contributed by atoms with van der Waals surface area (Å²) < 4.78 is 0. The lowest BCUT2D eigenvalue weighted by Crippen LogP contribution is -2.48. The average molecular weight is 554 g/mol. The van der Waals surface area contributed by atoms with Crippen molar-refractivity contribution in [2.75, 3.05) is 6.61 Å². The first-order valence-electron chi connectivity index (χ1n) is 17.0. The van der Waals surface area contributed by atoms with Crippen LogP contribution in [0.25, 0.3) is 0 Å². The third-order valence-electron chi connectivity index (χ3n) is 7.88. The van der Waals surface area contributed by atoms with Crippen molar-refractivity contribution in [2.45, 2.75) is 193 Å². The van der Waals surface area contributed by atoms with E-state index in [9.17, 15) is 20.1 Å². The largest absolute Gasteiger partial charge is 0.394 e. The predicted octanol–water partition coefficient (Wildman–Crippen LogP) is 8.53. The number of unbranched alkanes of at least 4 members (excludes halogenated alkanes) is 22. The lowest BCUT2D eigenvalue weighted by atomic mass is 10.0. The van der Waals surface area contributed by atoms with Gasteiger partial charge in [-0.05, 0) is 19.3 Å². The Bertz CT molecular complexity index is 539. The molecule has 0 bridgehead atoms. The smallest absolute Gasteiger partial charge is 0.249 e. The van der Waals surface area contributed by atoms with Crippen LogP contribution < -0.4 is 5.32 Å². The number of allylic oxidation sites excluding steroid dienone is 1. The van der Waals surface area contributed by atoms with Crippen LogP contribution in [0.2, 0.25) is 0 Å². The van der Waals surface area contributed by atoms with Gasteiger partial charge in [0.25, 0.3) is 0 Å². The number of hydrogen-bond donors (Lipinski definition) is 4. The molecule has 0 saturated carbocycles. The van der Waals surface area contributed by atoms with Gasteiger partial charge in [0.1, 0.15) is 6.10 Å². The minimum Gasteiger partial charge on any atom is -0.394 e. The van der Waals surface area contributed by atoms with Gasteiger partial charge >= 0.3 is 0 Å². The number of rotatable bonds is 30. The lowest BCUT2D eigenvalue weighted by Gasteiger charge is -2.21. The molecule has 0 fully saturated rings. The zero-order valence-electron chi connectivity index (χ0n) is 26.0. The number of hydrogen-bond acceptors (Lipinski definition) is 4. The number of aliphatic hydroxyl groups excluding tert-OH is 3. The van der Waals surface area contributed by atoms with E-state index >= 15 is 0 Å². The van der Waals surface area contributed by atoms with Crippen molar-refractivity contribution in [3.63, 3.8) is 0 Å². The van der Waals surface area contributed by atoms with Crippen LogP contribution in [0.4, 0.5) is 0 Å². The Morgan fingerprint density at radius 3 is 1.41 bits per heavy atom. The van der Waals surface area contributed by atoms with E-state index in [1.54, 1.807) is 6.08 Å². The fourth-order valence-electron chi connectivity index (χ4n) is 5.12. The van der Waals surface area contributed by atoms with Gasteiger partial charge in [0.2, 0.25) is 5.91 Å². The van der Waals surface area contributed by atoms with Gasteiger partial charge in [0.15, 0.2) is 0 Å². The molecule has 5 heteroatoms. The van der Waals surface area contributed by atoms with Gasteiger partial charge in [0.05, 0.1) is 18.8 Å². The molecule has 1 amide bonds. The average Bonchev–Trinajstić information content (AvgIpc) is 2.94. The van der Waals surface area contributed by atoms with Crippen LogP contribution in [0.15, 0.2) is 12.2 Å². The van der Waals surface area contributed by atoms with E-state index in [1.165, 1.54) is 122 Å². The second-order valence-electron chi connectivity index (χ2n) is 11.7. The summed E-state index contributed by atoms with van der Waals surface area (Å²) in [6.45, 7) is 4.13. The maximum Gasteiger partial charge on any atom is 0.249 e. The first-order chi connectivity index (χ1) is 19.1. The number of carbonyl (C=O) groups excluding carboxylic acids is 1. The standard InChI is InChI=1S/C34H67NO4/c1-3-5-7-9-11-13-14-15-16-17-18-19-21-23-25-27-29-33(38)34(39)35-31(30-36)32(37)28-26-24-22-20-12-10-8-6-4-2/h26,28,31-33,36-38H,3-25,27,29-30H2,1-2H3,(H,35,39)/b28-26+/t31-,32+,33?/m0/s1. The van der Waals surface area contributed by atoms with Crippen molar-refractivity contribution in [2.24, 2.45) is 0 Å². The number of nitrogens with one attached hydrogen (secondary N) is 1. The van der Waals surface area contributed by atoms with Crippen molar-refractivity contribution < 1.29 is 20.1 Å². The molecule has 0 rings (SSSR count). The topological polar surface area (TPSA) is 89.8 Å². The molecule has 0 aromatic heterocycles. The quantitative estimate of drug-likeness (QED) is 0.0530. The molecule has 3 atom stereocenters. The third kappa shape index (κ3) is 25.8. The molecule has 0 heterocycles. The molecule has 0 aliphatic heterocycles. The van der Waals surface area contributed by atoms with Gasteiger partial charge < -0.3 is 20.6 Å². The highest BCUT2D eigenvalue weighted by atomic mass is 16.3. The minimum atomic E-state index is -1.09. The maximum absolute atomic E-state index is 12.3. The summed E-state index contributed by atoms with van der Waals surface area (Å²) in [5.74, 6) is -0.505. The van der Waals surface area contributed by atoms with Gasteiger partial charge in [-0.15, -0.1) is 0 Å². The minimum absolute atomic E-state index is 0.361. The molecule has 0 aromatic rings. The van der Waals surface area contributed by atoms with Gasteiger partial charge in [0, 0.05) is 0 Å². The highest BCUT2D eigenvalue weighted by Crippen LogP contribution is 2.15. The van der Waals surface area contributed by atoms with Crippen molar-refractivity contribution in [3.8, 4) is 0 Å². The molecule has 1 unspecified atom stereocenters. The molecule has 0 aliphatic carbocycles. The van der Waals surface area contributed by atoms with Crippen LogP contribution >= 0.6 is 0 Å². The Balaban J connectivity index is 3.71. The molecular formula is C34H67NO4. The second-order valence-corrected chi connectivity index (χ2v) is 11.7. The Kier molecular flexibility index (Phi) is 29.4. The Labute approximate surface area is 242 Å².